The van der Waals surface area contributed by atoms with E-state index in [-0.39, 0.29) is 24.2 Å². The maximum Gasteiger partial charge on any atom is 0.225 e. The molecular weight excluding hydrogens is 338 g/mol. The Bertz CT molecular complexity index is 405. The second-order valence-electron chi connectivity index (χ2n) is 7.50. The van der Waals surface area contributed by atoms with Crippen molar-refractivity contribution < 1.29 is 9.59 Å². The number of rotatable bonds is 7. The molecule has 2 fully saturated rings. The minimum Gasteiger partial charge on any atom is -0.346 e. The van der Waals surface area contributed by atoms with Crippen LogP contribution in [0.4, 0.5) is 0 Å². The van der Waals surface area contributed by atoms with E-state index in [1.807, 2.05) is 16.8 Å². The van der Waals surface area contributed by atoms with Crippen molar-refractivity contribution in [2.45, 2.75) is 58.3 Å². The minimum atomic E-state index is 0. The normalized spacial score (nSPS) is 19.4. The van der Waals surface area contributed by atoms with E-state index in [0.717, 1.165) is 64.8 Å². The fourth-order valence-corrected chi connectivity index (χ4v) is 3.85. The fourth-order valence-electron chi connectivity index (χ4n) is 3.85. The lowest BCUT2D eigenvalue weighted by Gasteiger charge is -2.33. The van der Waals surface area contributed by atoms with Gasteiger partial charge < -0.3 is 15.1 Å². The first-order chi connectivity index (χ1) is 11.6. The van der Waals surface area contributed by atoms with Crippen molar-refractivity contribution in [2.24, 2.45) is 11.8 Å². The molecule has 0 saturated carbocycles. The average molecular weight is 374 g/mol. The SMILES string of the molecule is CCCCN(C)C(=O)C1CCN(C(=O)CCC2CCNCC2)CC1.Cl. The molecule has 0 radical (unpaired) electrons. The van der Waals surface area contributed by atoms with Gasteiger partial charge in [0.1, 0.15) is 0 Å². The van der Waals surface area contributed by atoms with Gasteiger partial charge in [0.25, 0.3) is 0 Å². The Hall–Kier alpha value is -0.810. The van der Waals surface area contributed by atoms with Crippen molar-refractivity contribution in [1.82, 2.24) is 15.1 Å². The lowest BCUT2D eigenvalue weighted by molar-refractivity contribution is -0.140. The molecule has 2 aliphatic heterocycles. The van der Waals surface area contributed by atoms with Gasteiger partial charge >= 0.3 is 0 Å². The first-order valence-electron chi connectivity index (χ1n) is 9.85. The van der Waals surface area contributed by atoms with Crippen molar-refractivity contribution in [3.63, 3.8) is 0 Å². The first kappa shape index (κ1) is 22.2. The van der Waals surface area contributed by atoms with Crippen LogP contribution in [0.15, 0.2) is 0 Å². The molecule has 0 spiro atoms. The molecule has 0 atom stereocenters. The van der Waals surface area contributed by atoms with Gasteiger partial charge in [-0.3, -0.25) is 9.59 Å². The van der Waals surface area contributed by atoms with Gasteiger partial charge in [0.2, 0.25) is 11.8 Å². The maximum atomic E-state index is 12.4. The monoisotopic (exact) mass is 373 g/mol. The third-order valence-corrected chi connectivity index (χ3v) is 5.65. The van der Waals surface area contributed by atoms with Crippen LogP contribution < -0.4 is 5.32 Å². The van der Waals surface area contributed by atoms with E-state index in [9.17, 15) is 9.59 Å². The molecular formula is C19H36ClN3O2. The van der Waals surface area contributed by atoms with Crippen LogP contribution in [0, 0.1) is 11.8 Å². The number of piperidine rings is 2. The molecule has 0 bridgehead atoms. The molecule has 1 N–H and O–H groups in total. The molecule has 2 saturated heterocycles. The summed E-state index contributed by atoms with van der Waals surface area (Å²) in [5, 5.41) is 3.37. The molecule has 25 heavy (non-hydrogen) atoms. The highest BCUT2D eigenvalue weighted by molar-refractivity contribution is 5.85. The molecule has 2 heterocycles. The van der Waals surface area contributed by atoms with E-state index < -0.39 is 0 Å². The van der Waals surface area contributed by atoms with E-state index in [0.29, 0.717) is 18.2 Å². The van der Waals surface area contributed by atoms with E-state index >= 15 is 0 Å². The van der Waals surface area contributed by atoms with E-state index in [1.54, 1.807) is 0 Å². The van der Waals surface area contributed by atoms with Crippen molar-refractivity contribution >= 4 is 24.2 Å². The van der Waals surface area contributed by atoms with Crippen LogP contribution in [0.2, 0.25) is 0 Å². The molecule has 0 unspecified atom stereocenters. The average Bonchev–Trinajstić information content (AvgIpc) is 2.64. The summed E-state index contributed by atoms with van der Waals surface area (Å²) in [6.45, 7) is 6.69. The third-order valence-electron chi connectivity index (χ3n) is 5.65. The number of nitrogens with one attached hydrogen (secondary N) is 1. The standard InChI is InChI=1S/C19H35N3O2.ClH/c1-3-4-13-21(2)19(24)17-9-14-22(15-10-17)18(23)6-5-16-7-11-20-12-8-16;/h16-17,20H,3-15H2,1-2H3;1H. The number of unbranched alkanes of at least 4 members (excludes halogenated alkanes) is 1. The summed E-state index contributed by atoms with van der Waals surface area (Å²) in [5.74, 6) is 1.38. The smallest absolute Gasteiger partial charge is 0.225 e. The molecule has 0 aromatic rings. The molecule has 0 aromatic heterocycles. The molecule has 2 aliphatic rings. The summed E-state index contributed by atoms with van der Waals surface area (Å²) < 4.78 is 0. The predicted octanol–water partition coefficient (Wildman–Crippen LogP) is 2.69. The highest BCUT2D eigenvalue weighted by Gasteiger charge is 2.29. The largest absolute Gasteiger partial charge is 0.346 e. The molecule has 6 heteroatoms. The van der Waals surface area contributed by atoms with Crippen molar-refractivity contribution in [3.05, 3.63) is 0 Å². The number of likely N-dealkylation sites (tertiary alicyclic amines) is 1. The first-order valence-corrected chi connectivity index (χ1v) is 9.85. The summed E-state index contributed by atoms with van der Waals surface area (Å²) in [6.07, 6.45) is 7.95. The molecule has 2 amide bonds. The quantitative estimate of drug-likeness (QED) is 0.746. The van der Waals surface area contributed by atoms with E-state index in [2.05, 4.69) is 12.2 Å². The fraction of sp³-hybridized carbons (Fsp3) is 0.895. The van der Waals surface area contributed by atoms with Crippen LogP contribution >= 0.6 is 12.4 Å². The lowest BCUT2D eigenvalue weighted by Crippen LogP contribution is -2.43. The number of amides is 2. The zero-order chi connectivity index (χ0) is 17.4. The van der Waals surface area contributed by atoms with Gasteiger partial charge in [0.15, 0.2) is 0 Å². The van der Waals surface area contributed by atoms with Crippen molar-refractivity contribution in [2.75, 3.05) is 39.8 Å². The zero-order valence-corrected chi connectivity index (χ0v) is 16.8. The molecule has 0 aromatic carbocycles. The summed E-state index contributed by atoms with van der Waals surface area (Å²) in [7, 11) is 1.91. The van der Waals surface area contributed by atoms with E-state index in [4.69, 9.17) is 0 Å². The maximum absolute atomic E-state index is 12.4. The number of carbonyl (C=O) groups is 2. The van der Waals surface area contributed by atoms with Crippen LogP contribution in [-0.2, 0) is 9.59 Å². The number of nitrogens with zero attached hydrogens (tertiary/aromatic N) is 2. The Morgan fingerprint density at radius 2 is 1.76 bits per heavy atom. The van der Waals surface area contributed by atoms with Gasteiger partial charge in [-0.2, -0.15) is 0 Å². The summed E-state index contributed by atoms with van der Waals surface area (Å²) in [4.78, 5) is 28.7. The predicted molar refractivity (Wildman–Crippen MR) is 104 cm³/mol. The number of carbonyl (C=O) groups excluding carboxylic acids is 2. The summed E-state index contributed by atoms with van der Waals surface area (Å²) in [5.41, 5.74) is 0. The van der Waals surface area contributed by atoms with Gasteiger partial charge in [-0.15, -0.1) is 12.4 Å². The summed E-state index contributed by atoms with van der Waals surface area (Å²) in [6, 6.07) is 0. The Labute approximate surface area is 159 Å². The highest BCUT2D eigenvalue weighted by Crippen LogP contribution is 2.22. The third kappa shape index (κ3) is 7.14. The van der Waals surface area contributed by atoms with Crippen LogP contribution in [0.1, 0.15) is 58.3 Å². The van der Waals surface area contributed by atoms with Crippen LogP contribution in [0.3, 0.4) is 0 Å². The highest BCUT2D eigenvalue weighted by atomic mass is 35.5. The molecule has 0 aliphatic carbocycles. The van der Waals surface area contributed by atoms with Gasteiger partial charge in [0, 0.05) is 39.0 Å². The summed E-state index contributed by atoms with van der Waals surface area (Å²) >= 11 is 0. The van der Waals surface area contributed by atoms with Crippen LogP contribution in [0.5, 0.6) is 0 Å². The Morgan fingerprint density at radius 1 is 1.12 bits per heavy atom. The number of hydrogen-bond donors (Lipinski definition) is 1. The van der Waals surface area contributed by atoms with Crippen molar-refractivity contribution in [1.29, 1.82) is 0 Å². The second kappa shape index (κ2) is 11.7. The van der Waals surface area contributed by atoms with Gasteiger partial charge in [-0.05, 0) is 57.5 Å². The lowest BCUT2D eigenvalue weighted by atomic mass is 9.92. The molecule has 5 nitrogen and oxygen atoms in total. The van der Waals surface area contributed by atoms with Crippen LogP contribution in [0.25, 0.3) is 0 Å². The Kier molecular flexibility index (Phi) is 10.4. The Balaban J connectivity index is 0.00000312. The van der Waals surface area contributed by atoms with Gasteiger partial charge in [0.05, 0.1) is 0 Å². The molecule has 146 valence electrons. The van der Waals surface area contributed by atoms with Gasteiger partial charge in [-0.1, -0.05) is 13.3 Å². The number of halogens is 1. The van der Waals surface area contributed by atoms with E-state index in [1.165, 1.54) is 12.8 Å². The second-order valence-corrected chi connectivity index (χ2v) is 7.50. The van der Waals surface area contributed by atoms with Crippen molar-refractivity contribution in [3.8, 4) is 0 Å². The minimum absolute atomic E-state index is 0. The zero-order valence-electron chi connectivity index (χ0n) is 16.0. The van der Waals surface area contributed by atoms with Gasteiger partial charge in [-0.25, -0.2) is 0 Å². The molecule has 2 rings (SSSR count). The number of hydrogen-bond acceptors (Lipinski definition) is 3. The Morgan fingerprint density at radius 3 is 2.36 bits per heavy atom. The van der Waals surface area contributed by atoms with Crippen LogP contribution in [-0.4, -0.2) is 61.4 Å². The topological polar surface area (TPSA) is 52.7 Å².